The third-order valence-electron chi connectivity index (χ3n) is 8.36. The van der Waals surface area contributed by atoms with Crippen LogP contribution in [-0.2, 0) is 29.3 Å². The maximum absolute atomic E-state index is 13.2. The Hall–Kier alpha value is -3.97. The maximum Gasteiger partial charge on any atom is 0.255 e. The number of likely N-dealkylation sites (tertiary alicyclic amines) is 1. The Kier molecular flexibility index (Phi) is 9.14. The molecule has 0 saturated carbocycles. The van der Waals surface area contributed by atoms with E-state index in [1.165, 1.54) is 36.6 Å². The second-order valence-electron chi connectivity index (χ2n) is 11.2. The van der Waals surface area contributed by atoms with Crippen LogP contribution in [0, 0.1) is 6.92 Å². The van der Waals surface area contributed by atoms with Crippen LogP contribution in [0.2, 0.25) is 0 Å². The molecule has 0 aromatic heterocycles. The van der Waals surface area contributed by atoms with Gasteiger partial charge in [0.15, 0.2) is 0 Å². The molecule has 1 N–H and O–H groups in total. The smallest absolute Gasteiger partial charge is 0.255 e. The molecular weight excluding hydrogens is 514 g/mol. The second kappa shape index (κ2) is 13.1. The maximum atomic E-state index is 13.2. The fourth-order valence-corrected chi connectivity index (χ4v) is 6.04. The Balaban J connectivity index is 1.16. The number of likely N-dealkylation sites (N-methyl/N-ethyl adjacent to an activating group) is 1. The first kappa shape index (κ1) is 28.6. The van der Waals surface area contributed by atoms with E-state index in [4.69, 9.17) is 4.74 Å². The minimum Gasteiger partial charge on any atom is -0.489 e. The summed E-state index contributed by atoms with van der Waals surface area (Å²) in [4.78, 5) is 40.6. The van der Waals surface area contributed by atoms with Crippen molar-refractivity contribution in [3.63, 3.8) is 0 Å². The minimum absolute atomic E-state index is 0.211. The van der Waals surface area contributed by atoms with Gasteiger partial charge in [-0.25, -0.2) is 0 Å². The Bertz CT molecular complexity index is 1380. The summed E-state index contributed by atoms with van der Waals surface area (Å²) in [5.74, 6) is 0.812. The van der Waals surface area contributed by atoms with Gasteiger partial charge in [-0.3, -0.25) is 14.5 Å². The molecule has 5 rings (SSSR count). The Morgan fingerprint density at radius 3 is 2.49 bits per heavy atom. The first-order valence-corrected chi connectivity index (χ1v) is 14.5. The minimum atomic E-state index is -0.696. The lowest BCUT2D eigenvalue weighted by Gasteiger charge is -2.32. The highest BCUT2D eigenvalue weighted by Gasteiger charge is 2.37. The Labute approximate surface area is 242 Å². The number of nitrogens with zero attached hydrogens (tertiary/aromatic N) is 2. The fourth-order valence-electron chi connectivity index (χ4n) is 6.04. The number of aryl methyl sites for hydroxylation is 1. The molecule has 1 atom stereocenters. The van der Waals surface area contributed by atoms with E-state index in [0.717, 1.165) is 37.0 Å². The number of nitrogens with one attached hydrogen (secondary N) is 1. The molecule has 7 heteroatoms. The number of benzene rings is 3. The third kappa shape index (κ3) is 6.68. The van der Waals surface area contributed by atoms with Crippen LogP contribution in [0.25, 0.3) is 0 Å². The standard InChI is InChI=1S/C34H39N3O4/c1-24-6-3-7-28(20-24)27-15-17-36(18-16-27)21-25-11-13-26(14-12-25)23-41-32-10-4-8-29-30(32)22-37(34(29)40)31(9-5-19-38)33(39)35-2/h3-4,6-8,10-14,19-20,27,31H,5,9,15-18,21-23H2,1-2H3,(H,35,39). The molecule has 2 aliphatic heterocycles. The summed E-state index contributed by atoms with van der Waals surface area (Å²) in [5, 5.41) is 2.62. The van der Waals surface area contributed by atoms with E-state index in [0.29, 0.717) is 23.8 Å². The van der Waals surface area contributed by atoms with Crippen molar-refractivity contribution in [2.45, 2.75) is 64.3 Å². The van der Waals surface area contributed by atoms with E-state index in [9.17, 15) is 14.4 Å². The largest absolute Gasteiger partial charge is 0.489 e. The van der Waals surface area contributed by atoms with Crippen molar-refractivity contribution in [3.05, 3.63) is 100 Å². The number of amides is 2. The van der Waals surface area contributed by atoms with Crippen LogP contribution < -0.4 is 10.1 Å². The molecule has 0 bridgehead atoms. The second-order valence-corrected chi connectivity index (χ2v) is 11.2. The van der Waals surface area contributed by atoms with Crippen LogP contribution in [0.3, 0.4) is 0 Å². The van der Waals surface area contributed by atoms with Gasteiger partial charge >= 0.3 is 0 Å². The van der Waals surface area contributed by atoms with Crippen LogP contribution in [-0.4, -0.2) is 54.1 Å². The fraction of sp³-hybridized carbons (Fsp3) is 0.382. The van der Waals surface area contributed by atoms with Gasteiger partial charge in [-0.15, -0.1) is 0 Å². The van der Waals surface area contributed by atoms with Crippen LogP contribution in [0.4, 0.5) is 0 Å². The quantitative estimate of drug-likeness (QED) is 0.338. The van der Waals surface area contributed by atoms with Gasteiger partial charge in [0, 0.05) is 31.1 Å². The van der Waals surface area contributed by atoms with Gasteiger partial charge in [0.05, 0.1) is 6.54 Å². The molecule has 2 amide bonds. The summed E-state index contributed by atoms with van der Waals surface area (Å²) >= 11 is 0. The van der Waals surface area contributed by atoms with Crippen LogP contribution >= 0.6 is 0 Å². The number of carbonyl (C=O) groups is 3. The van der Waals surface area contributed by atoms with E-state index < -0.39 is 6.04 Å². The zero-order valence-corrected chi connectivity index (χ0v) is 24.0. The molecule has 2 heterocycles. The predicted molar refractivity (Wildman–Crippen MR) is 159 cm³/mol. The monoisotopic (exact) mass is 553 g/mol. The highest BCUT2D eigenvalue weighted by Crippen LogP contribution is 2.34. The normalized spacial score (nSPS) is 16.3. The zero-order valence-electron chi connectivity index (χ0n) is 24.0. The molecule has 7 nitrogen and oxygen atoms in total. The molecule has 1 saturated heterocycles. The number of ether oxygens (including phenoxy) is 1. The summed E-state index contributed by atoms with van der Waals surface area (Å²) in [6.07, 6.45) is 3.66. The van der Waals surface area contributed by atoms with Gasteiger partial charge in [-0.1, -0.05) is 60.2 Å². The molecule has 0 spiro atoms. The van der Waals surface area contributed by atoms with Crippen molar-refractivity contribution >= 4 is 18.1 Å². The van der Waals surface area contributed by atoms with Crippen molar-refractivity contribution in [1.29, 1.82) is 0 Å². The number of carbonyl (C=O) groups excluding carboxylic acids is 3. The van der Waals surface area contributed by atoms with E-state index in [1.807, 2.05) is 6.07 Å². The first-order valence-electron chi connectivity index (χ1n) is 14.5. The first-order chi connectivity index (χ1) is 20.0. The van der Waals surface area contributed by atoms with Crippen molar-refractivity contribution in [2.24, 2.45) is 0 Å². The summed E-state index contributed by atoms with van der Waals surface area (Å²) < 4.78 is 6.19. The SMILES string of the molecule is CNC(=O)C(CCC=O)N1Cc2c(OCc3ccc(CN4CCC(c5cccc(C)c5)CC4)cc3)cccc2C1=O. The average Bonchev–Trinajstić information content (AvgIpc) is 3.33. The number of piperidine rings is 1. The Morgan fingerprint density at radius 2 is 1.78 bits per heavy atom. The van der Waals surface area contributed by atoms with E-state index in [-0.39, 0.29) is 31.2 Å². The third-order valence-corrected chi connectivity index (χ3v) is 8.36. The van der Waals surface area contributed by atoms with Gasteiger partial charge in [-0.05, 0) is 74.0 Å². The summed E-state index contributed by atoms with van der Waals surface area (Å²) in [5.41, 5.74) is 6.48. The lowest BCUT2D eigenvalue weighted by molar-refractivity contribution is -0.125. The molecule has 41 heavy (non-hydrogen) atoms. The van der Waals surface area contributed by atoms with Crippen molar-refractivity contribution < 1.29 is 19.1 Å². The number of hydrogen-bond acceptors (Lipinski definition) is 5. The lowest BCUT2D eigenvalue weighted by Crippen LogP contribution is -2.46. The lowest BCUT2D eigenvalue weighted by atomic mass is 9.88. The van der Waals surface area contributed by atoms with Gasteiger partial charge in [0.25, 0.3) is 5.91 Å². The molecule has 0 radical (unpaired) electrons. The molecule has 1 unspecified atom stereocenters. The highest BCUT2D eigenvalue weighted by molar-refractivity contribution is 6.01. The molecule has 214 valence electrons. The molecule has 1 fully saturated rings. The van der Waals surface area contributed by atoms with Crippen LogP contribution in [0.5, 0.6) is 5.75 Å². The van der Waals surface area contributed by atoms with Crippen molar-refractivity contribution in [1.82, 2.24) is 15.1 Å². The highest BCUT2D eigenvalue weighted by atomic mass is 16.5. The molecule has 3 aromatic carbocycles. The summed E-state index contributed by atoms with van der Waals surface area (Å²) in [7, 11) is 1.54. The molecule has 3 aromatic rings. The van der Waals surface area contributed by atoms with Gasteiger partial charge in [-0.2, -0.15) is 0 Å². The topological polar surface area (TPSA) is 79.0 Å². The number of fused-ring (bicyclic) bond motifs is 1. The van der Waals surface area contributed by atoms with E-state index >= 15 is 0 Å². The number of aldehydes is 1. The summed E-state index contributed by atoms with van der Waals surface area (Å²) in [6.45, 7) is 5.99. The molecule has 2 aliphatic rings. The van der Waals surface area contributed by atoms with Crippen molar-refractivity contribution in [3.8, 4) is 5.75 Å². The number of hydrogen-bond donors (Lipinski definition) is 1. The summed E-state index contributed by atoms with van der Waals surface area (Å²) in [6, 6.07) is 22.2. The van der Waals surface area contributed by atoms with Crippen LogP contribution in [0.1, 0.15) is 69.8 Å². The number of rotatable bonds is 11. The van der Waals surface area contributed by atoms with Gasteiger partial charge in [0.1, 0.15) is 24.7 Å². The molecular formula is C34H39N3O4. The van der Waals surface area contributed by atoms with Gasteiger partial charge < -0.3 is 19.7 Å². The zero-order chi connectivity index (χ0) is 28.8. The van der Waals surface area contributed by atoms with Gasteiger partial charge in [0.2, 0.25) is 5.91 Å². The average molecular weight is 554 g/mol. The van der Waals surface area contributed by atoms with E-state index in [1.54, 1.807) is 17.0 Å². The predicted octanol–water partition coefficient (Wildman–Crippen LogP) is 5.00. The van der Waals surface area contributed by atoms with E-state index in [2.05, 4.69) is 65.7 Å². The van der Waals surface area contributed by atoms with Crippen LogP contribution in [0.15, 0.2) is 66.7 Å². The Morgan fingerprint density at radius 1 is 1.05 bits per heavy atom. The molecule has 0 aliphatic carbocycles. The van der Waals surface area contributed by atoms with Crippen molar-refractivity contribution in [2.75, 3.05) is 20.1 Å².